The van der Waals surface area contributed by atoms with Gasteiger partial charge in [-0.25, -0.2) is 4.79 Å². The maximum atomic E-state index is 11.2. The number of carbonyl (C=O) groups is 2. The molecule has 1 heterocycles. The van der Waals surface area contributed by atoms with Crippen molar-refractivity contribution in [1.82, 2.24) is 4.90 Å². The van der Waals surface area contributed by atoms with Gasteiger partial charge in [0.2, 0.25) is 0 Å². The van der Waals surface area contributed by atoms with E-state index in [9.17, 15) is 14.7 Å². The van der Waals surface area contributed by atoms with Gasteiger partial charge >= 0.3 is 12.1 Å². The van der Waals surface area contributed by atoms with Crippen molar-refractivity contribution in [3.05, 3.63) is 12.7 Å². The SMILES string of the molecule is C=CCC1(C(=O)O)CCN(C(=O)O)CC1O. The predicted octanol–water partition coefficient (Wildman–Crippen LogP) is 0.378. The van der Waals surface area contributed by atoms with Crippen LogP contribution in [-0.2, 0) is 4.79 Å². The largest absolute Gasteiger partial charge is 0.481 e. The first-order chi connectivity index (χ1) is 7.44. The zero-order valence-corrected chi connectivity index (χ0v) is 8.80. The molecule has 1 saturated heterocycles. The molecule has 0 spiro atoms. The number of rotatable bonds is 3. The van der Waals surface area contributed by atoms with Gasteiger partial charge in [0.1, 0.15) is 5.41 Å². The van der Waals surface area contributed by atoms with Gasteiger partial charge in [0.25, 0.3) is 0 Å². The Kier molecular flexibility index (Phi) is 3.54. The van der Waals surface area contributed by atoms with E-state index in [-0.39, 0.29) is 25.9 Å². The molecule has 6 heteroatoms. The molecule has 6 nitrogen and oxygen atoms in total. The molecule has 2 atom stereocenters. The van der Waals surface area contributed by atoms with Crippen LogP contribution in [0.1, 0.15) is 12.8 Å². The van der Waals surface area contributed by atoms with Gasteiger partial charge in [0.15, 0.2) is 0 Å². The highest BCUT2D eigenvalue weighted by atomic mass is 16.4. The molecular formula is C10H15NO5. The number of amides is 1. The fourth-order valence-electron chi connectivity index (χ4n) is 1.98. The Balaban J connectivity index is 2.87. The normalized spacial score (nSPS) is 29.8. The second-order valence-electron chi connectivity index (χ2n) is 3.95. The van der Waals surface area contributed by atoms with Crippen LogP contribution in [0.3, 0.4) is 0 Å². The Morgan fingerprint density at radius 1 is 1.50 bits per heavy atom. The average Bonchev–Trinajstić information content (AvgIpc) is 2.20. The minimum absolute atomic E-state index is 0.0990. The molecule has 16 heavy (non-hydrogen) atoms. The number of nitrogens with zero attached hydrogens (tertiary/aromatic N) is 1. The van der Waals surface area contributed by atoms with Crippen LogP contribution >= 0.6 is 0 Å². The third-order valence-corrected chi connectivity index (χ3v) is 3.06. The van der Waals surface area contributed by atoms with Gasteiger partial charge in [-0.2, -0.15) is 0 Å². The van der Waals surface area contributed by atoms with Crippen molar-refractivity contribution in [1.29, 1.82) is 0 Å². The molecule has 2 unspecified atom stereocenters. The number of hydrogen-bond acceptors (Lipinski definition) is 3. The molecule has 0 aromatic carbocycles. The molecule has 1 aliphatic heterocycles. The first-order valence-corrected chi connectivity index (χ1v) is 4.94. The van der Waals surface area contributed by atoms with Crippen LogP contribution in [-0.4, -0.2) is 51.5 Å². The van der Waals surface area contributed by atoms with E-state index in [1.807, 2.05) is 0 Å². The van der Waals surface area contributed by atoms with E-state index in [2.05, 4.69) is 6.58 Å². The zero-order valence-electron chi connectivity index (χ0n) is 8.80. The number of piperidine rings is 1. The molecule has 0 saturated carbocycles. The van der Waals surface area contributed by atoms with Gasteiger partial charge in [0, 0.05) is 6.54 Å². The van der Waals surface area contributed by atoms with Crippen LogP contribution < -0.4 is 0 Å². The number of hydrogen-bond donors (Lipinski definition) is 3. The van der Waals surface area contributed by atoms with Crippen LogP contribution in [0, 0.1) is 5.41 Å². The number of aliphatic hydroxyl groups is 1. The number of allylic oxidation sites excluding steroid dienone is 1. The highest BCUT2D eigenvalue weighted by Gasteiger charge is 2.48. The lowest BCUT2D eigenvalue weighted by atomic mass is 9.73. The fraction of sp³-hybridized carbons (Fsp3) is 0.600. The summed E-state index contributed by atoms with van der Waals surface area (Å²) in [4.78, 5) is 22.9. The van der Waals surface area contributed by atoms with Gasteiger partial charge in [-0.15, -0.1) is 6.58 Å². The molecule has 1 aliphatic rings. The van der Waals surface area contributed by atoms with Crippen LogP contribution in [0.2, 0.25) is 0 Å². The second kappa shape index (κ2) is 4.52. The minimum Gasteiger partial charge on any atom is -0.481 e. The van der Waals surface area contributed by atoms with Crippen molar-refractivity contribution >= 4 is 12.1 Å². The van der Waals surface area contributed by atoms with E-state index in [0.29, 0.717) is 0 Å². The Bertz CT molecular complexity index is 316. The monoisotopic (exact) mass is 229 g/mol. The van der Waals surface area contributed by atoms with E-state index < -0.39 is 23.6 Å². The highest BCUT2D eigenvalue weighted by Crippen LogP contribution is 2.36. The van der Waals surface area contributed by atoms with E-state index in [0.717, 1.165) is 4.90 Å². The Labute approximate surface area is 92.8 Å². The topological polar surface area (TPSA) is 98.1 Å². The Morgan fingerprint density at radius 2 is 2.12 bits per heavy atom. The molecule has 0 bridgehead atoms. The van der Waals surface area contributed by atoms with Crippen molar-refractivity contribution in [2.75, 3.05) is 13.1 Å². The summed E-state index contributed by atoms with van der Waals surface area (Å²) in [5.74, 6) is -1.11. The lowest BCUT2D eigenvalue weighted by molar-refractivity contribution is -0.161. The van der Waals surface area contributed by atoms with Gasteiger partial charge in [0.05, 0.1) is 12.6 Å². The van der Waals surface area contributed by atoms with Gasteiger partial charge in [-0.05, 0) is 12.8 Å². The number of aliphatic carboxylic acids is 1. The molecule has 0 aromatic heterocycles. The van der Waals surface area contributed by atoms with Gasteiger partial charge in [-0.3, -0.25) is 4.79 Å². The molecule has 1 amide bonds. The van der Waals surface area contributed by atoms with Crippen LogP contribution in [0.5, 0.6) is 0 Å². The lowest BCUT2D eigenvalue weighted by Gasteiger charge is -2.41. The number of likely N-dealkylation sites (tertiary alicyclic amines) is 1. The second-order valence-corrected chi connectivity index (χ2v) is 3.95. The lowest BCUT2D eigenvalue weighted by Crippen LogP contribution is -2.55. The molecule has 0 aromatic rings. The average molecular weight is 229 g/mol. The van der Waals surface area contributed by atoms with Crippen molar-refractivity contribution in [3.8, 4) is 0 Å². The number of carboxylic acid groups (broad SMARTS) is 2. The zero-order chi connectivity index (χ0) is 12.3. The predicted molar refractivity (Wildman–Crippen MR) is 55.1 cm³/mol. The maximum absolute atomic E-state index is 11.2. The molecule has 0 radical (unpaired) electrons. The number of aliphatic hydroxyl groups excluding tert-OH is 1. The molecule has 1 fully saturated rings. The number of β-amino-alcohol motifs (C(OH)–C–C–N with tert-alkyl or cyclic N) is 1. The van der Waals surface area contributed by atoms with E-state index >= 15 is 0 Å². The summed E-state index contributed by atoms with van der Waals surface area (Å²) in [6, 6.07) is 0. The molecule has 3 N–H and O–H groups in total. The van der Waals surface area contributed by atoms with Crippen LogP contribution in [0.4, 0.5) is 4.79 Å². The van der Waals surface area contributed by atoms with Crippen molar-refractivity contribution in [2.45, 2.75) is 18.9 Å². The molecule has 90 valence electrons. The van der Waals surface area contributed by atoms with E-state index in [1.54, 1.807) is 0 Å². The minimum atomic E-state index is -1.30. The summed E-state index contributed by atoms with van der Waals surface area (Å²) in [6.07, 6.45) is -0.670. The van der Waals surface area contributed by atoms with Crippen LogP contribution in [0.25, 0.3) is 0 Å². The Morgan fingerprint density at radius 3 is 2.50 bits per heavy atom. The van der Waals surface area contributed by atoms with Crippen molar-refractivity contribution in [3.63, 3.8) is 0 Å². The van der Waals surface area contributed by atoms with Gasteiger partial charge in [-0.1, -0.05) is 6.08 Å². The maximum Gasteiger partial charge on any atom is 0.407 e. The van der Waals surface area contributed by atoms with Crippen molar-refractivity contribution < 1.29 is 24.9 Å². The third kappa shape index (κ3) is 2.01. The third-order valence-electron chi connectivity index (χ3n) is 3.06. The summed E-state index contributed by atoms with van der Waals surface area (Å²) >= 11 is 0. The smallest absolute Gasteiger partial charge is 0.407 e. The van der Waals surface area contributed by atoms with Crippen LogP contribution in [0.15, 0.2) is 12.7 Å². The first-order valence-electron chi connectivity index (χ1n) is 4.94. The van der Waals surface area contributed by atoms with Gasteiger partial charge < -0.3 is 20.2 Å². The highest BCUT2D eigenvalue weighted by molar-refractivity contribution is 5.76. The first kappa shape index (κ1) is 12.5. The van der Waals surface area contributed by atoms with Crippen molar-refractivity contribution in [2.24, 2.45) is 5.41 Å². The summed E-state index contributed by atoms with van der Waals surface area (Å²) in [5.41, 5.74) is -1.30. The quantitative estimate of drug-likeness (QED) is 0.608. The molecule has 1 rings (SSSR count). The number of carboxylic acids is 1. The summed E-state index contributed by atoms with van der Waals surface area (Å²) in [7, 11) is 0. The summed E-state index contributed by atoms with van der Waals surface area (Å²) < 4.78 is 0. The van der Waals surface area contributed by atoms with E-state index in [1.165, 1.54) is 6.08 Å². The summed E-state index contributed by atoms with van der Waals surface area (Å²) in [5, 5.41) is 27.7. The Hall–Kier alpha value is -1.56. The standard InChI is InChI=1S/C10H15NO5/c1-2-3-10(8(13)14)4-5-11(9(15)16)6-7(10)12/h2,7,12H,1,3-6H2,(H,13,14)(H,15,16). The van der Waals surface area contributed by atoms with E-state index in [4.69, 9.17) is 10.2 Å². The molecule has 0 aliphatic carbocycles. The molecular weight excluding hydrogens is 214 g/mol. The summed E-state index contributed by atoms with van der Waals surface area (Å²) in [6.45, 7) is 3.41. The fourth-order valence-corrected chi connectivity index (χ4v) is 1.98.